The SMILES string of the molecule is CNCCCNC(=O)CCCc1nc(-c2ccc(F)cc2)no1.Cl. The number of carbonyl (C=O) groups excluding carboxylic acids is 1. The highest BCUT2D eigenvalue weighted by Gasteiger charge is 2.09. The first kappa shape index (κ1) is 20.1. The van der Waals surface area contributed by atoms with Crippen LogP contribution >= 0.6 is 12.4 Å². The van der Waals surface area contributed by atoms with Crippen LogP contribution in [0, 0.1) is 5.82 Å². The van der Waals surface area contributed by atoms with E-state index in [2.05, 4.69) is 20.8 Å². The zero-order valence-corrected chi connectivity index (χ0v) is 14.4. The Hall–Kier alpha value is -1.99. The van der Waals surface area contributed by atoms with Crippen LogP contribution in [0.4, 0.5) is 4.39 Å². The second-order valence-electron chi connectivity index (χ2n) is 5.18. The molecule has 0 atom stereocenters. The first-order valence-electron chi connectivity index (χ1n) is 7.69. The van der Waals surface area contributed by atoms with E-state index in [0.717, 1.165) is 13.0 Å². The van der Waals surface area contributed by atoms with E-state index in [1.165, 1.54) is 12.1 Å². The summed E-state index contributed by atoms with van der Waals surface area (Å²) < 4.78 is 18.0. The van der Waals surface area contributed by atoms with Crippen molar-refractivity contribution in [2.45, 2.75) is 25.7 Å². The first-order valence-corrected chi connectivity index (χ1v) is 7.69. The van der Waals surface area contributed by atoms with Gasteiger partial charge in [-0.1, -0.05) is 5.16 Å². The molecule has 0 saturated heterocycles. The number of carbonyl (C=O) groups is 1. The monoisotopic (exact) mass is 356 g/mol. The second kappa shape index (κ2) is 10.7. The number of aryl methyl sites for hydroxylation is 1. The predicted molar refractivity (Wildman–Crippen MR) is 91.4 cm³/mol. The Kier molecular flexibility index (Phi) is 8.96. The number of hydrogen-bond acceptors (Lipinski definition) is 5. The molecule has 8 heteroatoms. The van der Waals surface area contributed by atoms with Crippen LogP contribution in [0.1, 0.15) is 25.2 Å². The average molecular weight is 357 g/mol. The van der Waals surface area contributed by atoms with Crippen molar-refractivity contribution in [2.75, 3.05) is 20.1 Å². The van der Waals surface area contributed by atoms with E-state index in [4.69, 9.17) is 4.52 Å². The molecule has 1 aromatic carbocycles. The molecular weight excluding hydrogens is 335 g/mol. The predicted octanol–water partition coefficient (Wildman–Crippen LogP) is 2.35. The van der Waals surface area contributed by atoms with Gasteiger partial charge in [0.25, 0.3) is 0 Å². The molecule has 2 N–H and O–H groups in total. The van der Waals surface area contributed by atoms with Gasteiger partial charge in [0, 0.05) is 24.9 Å². The van der Waals surface area contributed by atoms with Crippen LogP contribution in [-0.2, 0) is 11.2 Å². The summed E-state index contributed by atoms with van der Waals surface area (Å²) >= 11 is 0. The Bertz CT molecular complexity index is 619. The van der Waals surface area contributed by atoms with E-state index in [0.29, 0.717) is 43.1 Å². The fraction of sp³-hybridized carbons (Fsp3) is 0.438. The van der Waals surface area contributed by atoms with E-state index in [1.54, 1.807) is 12.1 Å². The van der Waals surface area contributed by atoms with E-state index in [-0.39, 0.29) is 24.1 Å². The molecule has 24 heavy (non-hydrogen) atoms. The number of benzene rings is 1. The fourth-order valence-corrected chi connectivity index (χ4v) is 2.05. The van der Waals surface area contributed by atoms with Crippen molar-refractivity contribution in [2.24, 2.45) is 0 Å². The molecular formula is C16H22ClFN4O2. The summed E-state index contributed by atoms with van der Waals surface area (Å²) in [6.45, 7) is 1.56. The molecule has 0 saturated carbocycles. The van der Waals surface area contributed by atoms with Crippen molar-refractivity contribution >= 4 is 18.3 Å². The molecule has 2 rings (SSSR count). The number of amides is 1. The minimum absolute atomic E-state index is 0. The van der Waals surface area contributed by atoms with E-state index in [9.17, 15) is 9.18 Å². The van der Waals surface area contributed by atoms with Crippen LogP contribution in [-0.4, -0.2) is 36.2 Å². The Morgan fingerprint density at radius 3 is 2.67 bits per heavy atom. The zero-order valence-electron chi connectivity index (χ0n) is 13.5. The van der Waals surface area contributed by atoms with Gasteiger partial charge in [0.15, 0.2) is 0 Å². The van der Waals surface area contributed by atoms with Crippen molar-refractivity contribution in [3.8, 4) is 11.4 Å². The highest BCUT2D eigenvalue weighted by molar-refractivity contribution is 5.85. The molecule has 1 heterocycles. The molecule has 1 amide bonds. The molecule has 0 spiro atoms. The van der Waals surface area contributed by atoms with Crippen molar-refractivity contribution in [3.05, 3.63) is 36.0 Å². The summed E-state index contributed by atoms with van der Waals surface area (Å²) in [5.74, 6) is 0.626. The van der Waals surface area contributed by atoms with Crippen LogP contribution in [0.3, 0.4) is 0 Å². The molecule has 132 valence electrons. The lowest BCUT2D eigenvalue weighted by molar-refractivity contribution is -0.121. The van der Waals surface area contributed by atoms with Crippen molar-refractivity contribution in [1.29, 1.82) is 0 Å². The lowest BCUT2D eigenvalue weighted by Crippen LogP contribution is -2.26. The van der Waals surface area contributed by atoms with Gasteiger partial charge in [-0.3, -0.25) is 4.79 Å². The molecule has 6 nitrogen and oxygen atoms in total. The molecule has 0 radical (unpaired) electrons. The van der Waals surface area contributed by atoms with Gasteiger partial charge >= 0.3 is 0 Å². The highest BCUT2D eigenvalue weighted by atomic mass is 35.5. The summed E-state index contributed by atoms with van der Waals surface area (Å²) in [6, 6.07) is 5.90. The van der Waals surface area contributed by atoms with Gasteiger partial charge in [0.05, 0.1) is 0 Å². The maximum Gasteiger partial charge on any atom is 0.226 e. The first-order chi connectivity index (χ1) is 11.2. The lowest BCUT2D eigenvalue weighted by atomic mass is 10.2. The smallest absolute Gasteiger partial charge is 0.226 e. The minimum Gasteiger partial charge on any atom is -0.356 e. The molecule has 0 aliphatic heterocycles. The summed E-state index contributed by atoms with van der Waals surface area (Å²) in [6.07, 6.45) is 2.52. The van der Waals surface area contributed by atoms with Crippen LogP contribution in [0.15, 0.2) is 28.8 Å². The third-order valence-corrected chi connectivity index (χ3v) is 3.29. The maximum atomic E-state index is 12.9. The minimum atomic E-state index is -0.307. The molecule has 0 fully saturated rings. The molecule has 0 unspecified atom stereocenters. The van der Waals surface area contributed by atoms with Crippen LogP contribution in [0.5, 0.6) is 0 Å². The number of rotatable bonds is 9. The number of nitrogens with zero attached hydrogens (tertiary/aromatic N) is 2. The van der Waals surface area contributed by atoms with Gasteiger partial charge in [0.1, 0.15) is 5.82 Å². The zero-order chi connectivity index (χ0) is 16.5. The van der Waals surface area contributed by atoms with Gasteiger partial charge in [-0.2, -0.15) is 4.98 Å². The topological polar surface area (TPSA) is 80.0 Å². The Morgan fingerprint density at radius 2 is 1.96 bits per heavy atom. The van der Waals surface area contributed by atoms with E-state index >= 15 is 0 Å². The Morgan fingerprint density at radius 1 is 1.21 bits per heavy atom. The van der Waals surface area contributed by atoms with E-state index in [1.807, 2.05) is 7.05 Å². The second-order valence-corrected chi connectivity index (χ2v) is 5.18. The number of hydrogen-bond donors (Lipinski definition) is 2. The van der Waals surface area contributed by atoms with Gasteiger partial charge in [-0.05, 0) is 50.7 Å². The van der Waals surface area contributed by atoms with Gasteiger partial charge in [-0.25, -0.2) is 4.39 Å². The molecule has 0 aliphatic carbocycles. The van der Waals surface area contributed by atoms with E-state index < -0.39 is 0 Å². The normalized spacial score (nSPS) is 10.2. The van der Waals surface area contributed by atoms with Crippen molar-refractivity contribution in [1.82, 2.24) is 20.8 Å². The summed E-state index contributed by atoms with van der Waals surface area (Å²) in [7, 11) is 1.88. The third kappa shape index (κ3) is 6.64. The van der Waals surface area contributed by atoms with Crippen molar-refractivity contribution in [3.63, 3.8) is 0 Å². The quantitative estimate of drug-likeness (QED) is 0.674. The summed E-state index contributed by atoms with van der Waals surface area (Å²) in [4.78, 5) is 15.9. The Labute approximate surface area is 146 Å². The maximum absolute atomic E-state index is 12.9. The number of aromatic nitrogens is 2. The molecule has 0 bridgehead atoms. The number of nitrogens with one attached hydrogen (secondary N) is 2. The number of halogens is 2. The molecule has 0 aliphatic rings. The standard InChI is InChI=1S/C16H21FN4O2.ClH/c1-18-10-3-11-19-14(22)4-2-5-15-20-16(21-23-15)12-6-8-13(17)9-7-12;/h6-9,18H,2-5,10-11H2,1H3,(H,19,22);1H. The largest absolute Gasteiger partial charge is 0.356 e. The van der Waals surface area contributed by atoms with Crippen LogP contribution in [0.2, 0.25) is 0 Å². The fourth-order valence-electron chi connectivity index (χ4n) is 2.05. The lowest BCUT2D eigenvalue weighted by Gasteiger charge is -2.03. The molecule has 2 aromatic rings. The molecule has 1 aromatic heterocycles. The van der Waals surface area contributed by atoms with Crippen LogP contribution in [0.25, 0.3) is 11.4 Å². The van der Waals surface area contributed by atoms with Gasteiger partial charge in [0.2, 0.25) is 17.6 Å². The van der Waals surface area contributed by atoms with Crippen molar-refractivity contribution < 1.29 is 13.7 Å². The third-order valence-electron chi connectivity index (χ3n) is 3.29. The summed E-state index contributed by atoms with van der Waals surface area (Å²) in [5, 5.41) is 9.75. The van der Waals surface area contributed by atoms with Crippen LogP contribution < -0.4 is 10.6 Å². The Balaban J connectivity index is 0.00000288. The average Bonchev–Trinajstić information content (AvgIpc) is 3.01. The van der Waals surface area contributed by atoms with Gasteiger partial charge < -0.3 is 15.2 Å². The summed E-state index contributed by atoms with van der Waals surface area (Å²) in [5.41, 5.74) is 0.698. The highest BCUT2D eigenvalue weighted by Crippen LogP contribution is 2.16. The van der Waals surface area contributed by atoms with Gasteiger partial charge in [-0.15, -0.1) is 12.4 Å².